The highest BCUT2D eigenvalue weighted by Gasteiger charge is 2.16. The van der Waals surface area contributed by atoms with Crippen molar-refractivity contribution in [2.24, 2.45) is 0 Å². The Kier molecular flexibility index (Phi) is 6.58. The average molecular weight is 317 g/mol. The highest BCUT2D eigenvalue weighted by atomic mass is 16.6. The number of anilines is 1. The lowest BCUT2D eigenvalue weighted by atomic mass is 10.1. The molecule has 2 amide bonds. The lowest BCUT2D eigenvalue weighted by Gasteiger charge is -2.20. The molecule has 0 heterocycles. The Hall–Kier alpha value is -2.55. The first kappa shape index (κ1) is 18.5. The summed E-state index contributed by atoms with van der Waals surface area (Å²) in [6.45, 7) is 7.81. The summed E-state index contributed by atoms with van der Waals surface area (Å²) in [5.74, 6) is -0.0955. The molecule has 23 heavy (non-hydrogen) atoms. The van der Waals surface area contributed by atoms with Gasteiger partial charge in [-0.1, -0.05) is 12.1 Å². The molecular formula is C17H23N3O3. The summed E-state index contributed by atoms with van der Waals surface area (Å²) in [5.41, 5.74) is 0.863. The standard InChI is InChI=1S/C17H23N3O3/c1-5-20(11-10-18)15(21)12-13-6-8-14(9-7-13)19-16(22)23-17(2,3)4/h6-9H,5,11-12H2,1-4H3,(H,19,22). The molecule has 0 aromatic heterocycles. The molecule has 1 N–H and O–H groups in total. The fourth-order valence-electron chi connectivity index (χ4n) is 1.88. The lowest BCUT2D eigenvalue weighted by molar-refractivity contribution is -0.129. The summed E-state index contributed by atoms with van der Waals surface area (Å²) in [6.07, 6.45) is -0.296. The second-order valence-corrected chi connectivity index (χ2v) is 6.07. The van der Waals surface area contributed by atoms with E-state index >= 15 is 0 Å². The van der Waals surface area contributed by atoms with Crippen LogP contribution < -0.4 is 5.32 Å². The molecule has 0 unspecified atom stereocenters. The van der Waals surface area contributed by atoms with E-state index in [1.165, 1.54) is 4.90 Å². The van der Waals surface area contributed by atoms with Crippen LogP contribution in [0.3, 0.4) is 0 Å². The van der Waals surface area contributed by atoms with Gasteiger partial charge in [0.2, 0.25) is 5.91 Å². The number of nitriles is 1. The highest BCUT2D eigenvalue weighted by molar-refractivity contribution is 5.85. The zero-order chi connectivity index (χ0) is 17.5. The van der Waals surface area contributed by atoms with Crippen molar-refractivity contribution in [2.45, 2.75) is 39.7 Å². The van der Waals surface area contributed by atoms with E-state index in [1.807, 2.05) is 13.0 Å². The molecule has 0 saturated carbocycles. The maximum atomic E-state index is 12.0. The lowest BCUT2D eigenvalue weighted by Crippen LogP contribution is -2.32. The van der Waals surface area contributed by atoms with Crippen molar-refractivity contribution < 1.29 is 14.3 Å². The van der Waals surface area contributed by atoms with E-state index in [0.717, 1.165) is 5.56 Å². The van der Waals surface area contributed by atoms with Crippen LogP contribution >= 0.6 is 0 Å². The van der Waals surface area contributed by atoms with Gasteiger partial charge in [-0.3, -0.25) is 10.1 Å². The summed E-state index contributed by atoms with van der Waals surface area (Å²) < 4.78 is 5.17. The van der Waals surface area contributed by atoms with Gasteiger partial charge in [-0.25, -0.2) is 4.79 Å². The summed E-state index contributed by atoms with van der Waals surface area (Å²) in [5, 5.41) is 11.3. The molecule has 0 radical (unpaired) electrons. The highest BCUT2D eigenvalue weighted by Crippen LogP contribution is 2.13. The normalized spacial score (nSPS) is 10.6. The quantitative estimate of drug-likeness (QED) is 0.846. The van der Waals surface area contributed by atoms with Crippen molar-refractivity contribution >= 4 is 17.7 Å². The molecule has 0 atom stereocenters. The monoisotopic (exact) mass is 317 g/mol. The fourth-order valence-corrected chi connectivity index (χ4v) is 1.88. The minimum atomic E-state index is -0.555. The molecule has 6 nitrogen and oxygen atoms in total. The maximum Gasteiger partial charge on any atom is 0.412 e. The molecule has 1 aromatic rings. The van der Waals surface area contributed by atoms with Crippen LogP contribution in [0.5, 0.6) is 0 Å². The van der Waals surface area contributed by atoms with E-state index in [1.54, 1.807) is 45.0 Å². The van der Waals surface area contributed by atoms with Crippen LogP contribution in [0.25, 0.3) is 0 Å². The summed E-state index contributed by atoms with van der Waals surface area (Å²) >= 11 is 0. The number of carbonyl (C=O) groups excluding carboxylic acids is 2. The third-order valence-electron chi connectivity index (χ3n) is 2.95. The number of rotatable bonds is 5. The van der Waals surface area contributed by atoms with Gasteiger partial charge in [-0.2, -0.15) is 5.26 Å². The van der Waals surface area contributed by atoms with Crippen molar-refractivity contribution in [2.75, 3.05) is 18.4 Å². The first-order valence-corrected chi connectivity index (χ1v) is 7.49. The van der Waals surface area contributed by atoms with Crippen LogP contribution in [0.4, 0.5) is 10.5 Å². The van der Waals surface area contributed by atoms with Crippen LogP contribution in [0.2, 0.25) is 0 Å². The Balaban J connectivity index is 2.61. The molecule has 1 aromatic carbocycles. The van der Waals surface area contributed by atoms with Crippen molar-refractivity contribution in [3.05, 3.63) is 29.8 Å². The Morgan fingerprint density at radius 3 is 2.35 bits per heavy atom. The molecule has 0 fully saturated rings. The van der Waals surface area contributed by atoms with Gasteiger partial charge in [0.05, 0.1) is 12.5 Å². The van der Waals surface area contributed by atoms with Gasteiger partial charge in [-0.05, 0) is 45.4 Å². The van der Waals surface area contributed by atoms with E-state index < -0.39 is 11.7 Å². The number of amides is 2. The fraction of sp³-hybridized carbons (Fsp3) is 0.471. The Morgan fingerprint density at radius 1 is 1.26 bits per heavy atom. The largest absolute Gasteiger partial charge is 0.444 e. The first-order chi connectivity index (χ1) is 10.7. The smallest absolute Gasteiger partial charge is 0.412 e. The summed E-state index contributed by atoms with van der Waals surface area (Å²) in [7, 11) is 0. The summed E-state index contributed by atoms with van der Waals surface area (Å²) in [6, 6.07) is 8.95. The van der Waals surface area contributed by atoms with Gasteiger partial charge in [-0.15, -0.1) is 0 Å². The second kappa shape index (κ2) is 8.18. The molecule has 6 heteroatoms. The molecular weight excluding hydrogens is 294 g/mol. The van der Waals surface area contributed by atoms with Crippen molar-refractivity contribution in [1.29, 1.82) is 5.26 Å². The van der Waals surface area contributed by atoms with E-state index in [-0.39, 0.29) is 18.9 Å². The number of likely N-dealkylation sites (N-methyl/N-ethyl adjacent to an activating group) is 1. The number of nitrogens with one attached hydrogen (secondary N) is 1. The molecule has 0 aliphatic heterocycles. The van der Waals surface area contributed by atoms with E-state index in [2.05, 4.69) is 5.32 Å². The average Bonchev–Trinajstić information content (AvgIpc) is 2.44. The summed E-state index contributed by atoms with van der Waals surface area (Å²) in [4.78, 5) is 25.2. The Bertz CT molecular complexity index is 583. The number of nitrogens with zero attached hydrogens (tertiary/aromatic N) is 2. The van der Waals surface area contributed by atoms with Gasteiger partial charge >= 0.3 is 6.09 Å². The predicted molar refractivity (Wildman–Crippen MR) is 87.9 cm³/mol. The van der Waals surface area contributed by atoms with Gasteiger partial charge in [0.1, 0.15) is 12.1 Å². The van der Waals surface area contributed by atoms with E-state index in [9.17, 15) is 9.59 Å². The van der Waals surface area contributed by atoms with E-state index in [0.29, 0.717) is 12.2 Å². The third-order valence-corrected chi connectivity index (χ3v) is 2.95. The number of hydrogen-bond donors (Lipinski definition) is 1. The van der Waals surface area contributed by atoms with Gasteiger partial charge in [0, 0.05) is 12.2 Å². The molecule has 124 valence electrons. The molecule has 0 aliphatic carbocycles. The number of carbonyl (C=O) groups is 2. The van der Waals surface area contributed by atoms with Crippen molar-refractivity contribution in [3.8, 4) is 6.07 Å². The minimum absolute atomic E-state index is 0.0909. The maximum absolute atomic E-state index is 12.0. The predicted octanol–water partition coefficient (Wildman–Crippen LogP) is 2.95. The Labute approximate surface area is 137 Å². The van der Waals surface area contributed by atoms with Crippen molar-refractivity contribution in [1.82, 2.24) is 4.90 Å². The number of benzene rings is 1. The topological polar surface area (TPSA) is 82.4 Å². The van der Waals surface area contributed by atoms with E-state index in [4.69, 9.17) is 10.00 Å². The number of hydrogen-bond acceptors (Lipinski definition) is 4. The van der Waals surface area contributed by atoms with Crippen LogP contribution in [-0.2, 0) is 16.0 Å². The van der Waals surface area contributed by atoms with Gasteiger partial charge in [0.25, 0.3) is 0 Å². The molecule has 0 saturated heterocycles. The first-order valence-electron chi connectivity index (χ1n) is 7.49. The second-order valence-electron chi connectivity index (χ2n) is 6.07. The molecule has 0 spiro atoms. The minimum Gasteiger partial charge on any atom is -0.444 e. The SMILES string of the molecule is CCN(CC#N)C(=O)Cc1ccc(NC(=O)OC(C)(C)C)cc1. The number of ether oxygens (including phenoxy) is 1. The zero-order valence-corrected chi connectivity index (χ0v) is 14.0. The van der Waals surface area contributed by atoms with Crippen molar-refractivity contribution in [3.63, 3.8) is 0 Å². The molecule has 0 aliphatic rings. The van der Waals surface area contributed by atoms with Crippen LogP contribution in [0.15, 0.2) is 24.3 Å². The zero-order valence-electron chi connectivity index (χ0n) is 14.0. The Morgan fingerprint density at radius 2 is 1.87 bits per heavy atom. The van der Waals surface area contributed by atoms with Crippen LogP contribution in [-0.4, -0.2) is 35.6 Å². The van der Waals surface area contributed by atoms with Crippen LogP contribution in [0.1, 0.15) is 33.3 Å². The van der Waals surface area contributed by atoms with Gasteiger partial charge < -0.3 is 9.64 Å². The molecule has 0 bridgehead atoms. The van der Waals surface area contributed by atoms with Gasteiger partial charge in [0.15, 0.2) is 0 Å². The third kappa shape index (κ3) is 6.83. The van der Waals surface area contributed by atoms with Crippen LogP contribution in [0, 0.1) is 11.3 Å². The molecule has 1 rings (SSSR count).